The lowest BCUT2D eigenvalue weighted by molar-refractivity contribution is -0.142. The normalized spacial score (nSPS) is 16.2. The molecule has 10 rings (SSSR count). The van der Waals surface area contributed by atoms with Crippen molar-refractivity contribution in [3.8, 4) is 0 Å². The summed E-state index contributed by atoms with van der Waals surface area (Å²) in [5.41, 5.74) is 5.78. The Bertz CT molecular complexity index is 2920. The zero-order chi connectivity index (χ0) is 41.7. The number of anilines is 4. The summed E-state index contributed by atoms with van der Waals surface area (Å²) in [6.07, 6.45) is 14.4. The summed E-state index contributed by atoms with van der Waals surface area (Å²) in [5.74, 6) is 0.622. The number of thiophene rings is 2. The highest BCUT2D eigenvalue weighted by molar-refractivity contribution is 7.19. The Balaban J connectivity index is 0.000000157. The number of amides is 1. The maximum atomic E-state index is 13.0. The molecule has 8 aromatic heterocycles. The SMILES string of the molecule is CN(C)CCN(C)C(=O)[C@H]1CCc2c(sc3ncnc(Nc4cc5ccnn5cc4Cl)c23)C1.O=C(O)[C@H]1CCc2c(sc3ncnc(Nc4cc5ccnn5cc4Cl)c23)C1. The summed E-state index contributed by atoms with van der Waals surface area (Å²) < 4.78 is 3.45. The number of nitrogens with zero attached hydrogens (tertiary/aromatic N) is 10. The number of aliphatic carboxylic acids is 1. The van der Waals surface area contributed by atoms with Gasteiger partial charge in [0.15, 0.2) is 0 Å². The van der Waals surface area contributed by atoms with Crippen molar-refractivity contribution in [1.29, 1.82) is 0 Å². The molecule has 0 aromatic carbocycles. The van der Waals surface area contributed by atoms with Crippen molar-refractivity contribution in [2.24, 2.45) is 11.8 Å². The number of hydrogen-bond acceptors (Lipinski definition) is 13. The molecule has 2 aliphatic carbocycles. The van der Waals surface area contributed by atoms with Crippen LogP contribution >= 0.6 is 45.9 Å². The minimum Gasteiger partial charge on any atom is -0.481 e. The number of aromatic nitrogens is 8. The number of carboxylic acid groups (broad SMARTS) is 1. The van der Waals surface area contributed by atoms with E-state index in [-0.39, 0.29) is 17.7 Å². The molecular weight excluding hydrogens is 844 g/mol. The first-order chi connectivity index (χ1) is 29.0. The molecule has 2 aliphatic rings. The number of carboxylic acids is 1. The molecule has 0 spiro atoms. The lowest BCUT2D eigenvalue weighted by Crippen LogP contribution is -2.39. The van der Waals surface area contributed by atoms with E-state index in [9.17, 15) is 14.7 Å². The average molecular weight is 884 g/mol. The van der Waals surface area contributed by atoms with Gasteiger partial charge in [0.05, 0.1) is 49.1 Å². The standard InChI is InChI=1S/C23H26ClN7OS.C18H14ClN5O2S/c1-29(2)8-9-30(3)23(32)14-4-5-16-19(10-14)33-22-20(16)21(25-13-26-22)28-18-11-15-6-7-27-31(15)12-17(18)24;19-12-7-24-10(3-4-22-24)6-13(12)23-16-15-11-2-1-9(18(25)26)5-14(11)27-17(15)21-8-20-16/h6-7,11-14H,4-5,8-10H2,1-3H3,(H,25,26,28);3-4,6-9H,1-2,5H2,(H,25,26)(H,20,21,23)/t14-;9-/m00/s1. The number of aryl methyl sites for hydroxylation is 2. The number of nitrogens with one attached hydrogen (secondary N) is 2. The Hall–Kier alpha value is -5.46. The molecule has 0 saturated heterocycles. The number of fused-ring (bicyclic) bond motifs is 8. The first-order valence-corrected chi connectivity index (χ1v) is 21.8. The fourth-order valence-corrected chi connectivity index (χ4v) is 10.9. The largest absolute Gasteiger partial charge is 0.481 e. The molecule has 2 atom stereocenters. The van der Waals surface area contributed by atoms with E-state index in [2.05, 4.69) is 45.7 Å². The number of halogens is 2. The van der Waals surface area contributed by atoms with Gasteiger partial charge in [-0.2, -0.15) is 10.2 Å². The van der Waals surface area contributed by atoms with Crippen molar-refractivity contribution >= 4 is 112 Å². The van der Waals surface area contributed by atoms with E-state index in [1.165, 1.54) is 16.8 Å². The van der Waals surface area contributed by atoms with Crippen LogP contribution in [0.25, 0.3) is 31.5 Å². The third-order valence-corrected chi connectivity index (χ3v) is 14.1. The molecule has 308 valence electrons. The van der Waals surface area contributed by atoms with Crippen LogP contribution in [-0.4, -0.2) is 100 Å². The lowest BCUT2D eigenvalue weighted by Gasteiger charge is -2.27. The molecular formula is C41H40Cl2N12O3S2. The molecule has 0 fully saturated rings. The summed E-state index contributed by atoms with van der Waals surface area (Å²) in [4.78, 5) is 50.3. The van der Waals surface area contributed by atoms with Gasteiger partial charge in [0.25, 0.3) is 0 Å². The highest BCUT2D eigenvalue weighted by Crippen LogP contribution is 2.43. The van der Waals surface area contributed by atoms with Crippen LogP contribution in [0.5, 0.6) is 0 Å². The molecule has 8 aromatic rings. The van der Waals surface area contributed by atoms with Gasteiger partial charge in [-0.25, -0.2) is 29.0 Å². The molecule has 60 heavy (non-hydrogen) atoms. The van der Waals surface area contributed by atoms with Gasteiger partial charge in [0.1, 0.15) is 34.0 Å². The molecule has 0 saturated carbocycles. The Morgan fingerprint density at radius 2 is 1.27 bits per heavy atom. The van der Waals surface area contributed by atoms with Crippen LogP contribution in [0.15, 0.2) is 61.7 Å². The van der Waals surface area contributed by atoms with Crippen molar-refractivity contribution < 1.29 is 14.7 Å². The van der Waals surface area contributed by atoms with E-state index in [4.69, 9.17) is 23.2 Å². The van der Waals surface area contributed by atoms with E-state index in [1.807, 2.05) is 50.3 Å². The van der Waals surface area contributed by atoms with Crippen LogP contribution < -0.4 is 10.6 Å². The van der Waals surface area contributed by atoms with Crippen LogP contribution in [0.1, 0.15) is 33.7 Å². The number of pyridine rings is 2. The van der Waals surface area contributed by atoms with Crippen LogP contribution in [0, 0.1) is 11.8 Å². The van der Waals surface area contributed by atoms with E-state index in [1.54, 1.807) is 62.8 Å². The van der Waals surface area contributed by atoms with Crippen LogP contribution in [0.2, 0.25) is 10.0 Å². The number of likely N-dealkylation sites (N-methyl/N-ethyl adjacent to an activating group) is 2. The molecule has 0 unspecified atom stereocenters. The van der Waals surface area contributed by atoms with E-state index in [0.29, 0.717) is 35.1 Å². The minimum absolute atomic E-state index is 0.0146. The number of carbonyl (C=O) groups is 2. The van der Waals surface area contributed by atoms with Gasteiger partial charge >= 0.3 is 5.97 Å². The van der Waals surface area contributed by atoms with Gasteiger partial charge in [0, 0.05) is 60.6 Å². The fourth-order valence-electron chi connectivity index (χ4n) is 7.93. The minimum atomic E-state index is -0.733. The smallest absolute Gasteiger partial charge is 0.306 e. The van der Waals surface area contributed by atoms with Crippen molar-refractivity contribution in [3.05, 3.63) is 92.6 Å². The topological polar surface area (TPSA) is 171 Å². The lowest BCUT2D eigenvalue weighted by atomic mass is 9.87. The van der Waals surface area contributed by atoms with Gasteiger partial charge in [-0.1, -0.05) is 23.2 Å². The van der Waals surface area contributed by atoms with Crippen molar-refractivity contribution in [2.75, 3.05) is 44.9 Å². The molecule has 19 heteroatoms. The van der Waals surface area contributed by atoms with Crippen LogP contribution in [-0.2, 0) is 35.3 Å². The Morgan fingerprint density at radius 3 is 1.77 bits per heavy atom. The molecule has 15 nitrogen and oxygen atoms in total. The Labute approximate surface area is 362 Å². The van der Waals surface area contributed by atoms with Crippen LogP contribution in [0.3, 0.4) is 0 Å². The quantitative estimate of drug-likeness (QED) is 0.129. The summed E-state index contributed by atoms with van der Waals surface area (Å²) in [6, 6.07) is 7.70. The summed E-state index contributed by atoms with van der Waals surface area (Å²) in [5, 5.41) is 27.6. The van der Waals surface area contributed by atoms with Crippen LogP contribution in [0.4, 0.5) is 23.0 Å². The molecule has 0 radical (unpaired) electrons. The third-order valence-electron chi connectivity index (χ3n) is 11.1. The van der Waals surface area contributed by atoms with Gasteiger partial charge < -0.3 is 25.5 Å². The second-order valence-corrected chi connectivity index (χ2v) is 18.3. The fraction of sp³-hybridized carbons (Fsp3) is 0.317. The molecule has 1 amide bonds. The van der Waals surface area contributed by atoms with Gasteiger partial charge in [0.2, 0.25) is 5.91 Å². The van der Waals surface area contributed by atoms with E-state index in [0.717, 1.165) is 91.5 Å². The van der Waals surface area contributed by atoms with Crippen molar-refractivity contribution in [2.45, 2.75) is 38.5 Å². The highest BCUT2D eigenvalue weighted by Gasteiger charge is 2.31. The van der Waals surface area contributed by atoms with Gasteiger partial charge in [-0.05, 0) is 88.0 Å². The Kier molecular flexibility index (Phi) is 11.0. The summed E-state index contributed by atoms with van der Waals surface area (Å²) >= 11 is 16.1. The molecule has 0 aliphatic heterocycles. The predicted molar refractivity (Wildman–Crippen MR) is 237 cm³/mol. The first kappa shape index (κ1) is 40.0. The zero-order valence-electron chi connectivity index (χ0n) is 32.9. The van der Waals surface area contributed by atoms with Gasteiger partial charge in [-0.3, -0.25) is 9.59 Å². The first-order valence-electron chi connectivity index (χ1n) is 19.4. The second kappa shape index (κ2) is 16.5. The highest BCUT2D eigenvalue weighted by atomic mass is 35.5. The van der Waals surface area contributed by atoms with Crippen molar-refractivity contribution in [3.63, 3.8) is 0 Å². The summed E-state index contributed by atoms with van der Waals surface area (Å²) in [7, 11) is 5.95. The van der Waals surface area contributed by atoms with Crippen molar-refractivity contribution in [1.82, 2.24) is 49.0 Å². The molecule has 0 bridgehead atoms. The summed E-state index contributed by atoms with van der Waals surface area (Å²) in [6.45, 7) is 1.60. The van der Waals surface area contributed by atoms with E-state index < -0.39 is 5.97 Å². The maximum absolute atomic E-state index is 13.0. The monoisotopic (exact) mass is 882 g/mol. The number of hydrogen-bond donors (Lipinski definition) is 3. The zero-order valence-corrected chi connectivity index (χ0v) is 36.0. The number of rotatable bonds is 9. The average Bonchev–Trinajstić information content (AvgIpc) is 4.04. The number of carbonyl (C=O) groups excluding carboxylic acids is 1. The van der Waals surface area contributed by atoms with E-state index >= 15 is 0 Å². The van der Waals surface area contributed by atoms with Gasteiger partial charge in [-0.15, -0.1) is 22.7 Å². The second-order valence-electron chi connectivity index (χ2n) is 15.3. The Morgan fingerprint density at radius 1 is 0.767 bits per heavy atom. The molecule has 8 heterocycles. The maximum Gasteiger partial charge on any atom is 0.306 e. The molecule has 3 N–H and O–H groups in total. The predicted octanol–water partition coefficient (Wildman–Crippen LogP) is 7.79. The third kappa shape index (κ3) is 7.83.